The third kappa shape index (κ3) is 4.44. The van der Waals surface area contributed by atoms with E-state index < -0.39 is 0 Å². The zero-order chi connectivity index (χ0) is 24.5. The molecule has 6 rings (SSSR count). The minimum Gasteiger partial charge on any atom is -0.134 e. The molecule has 0 N–H and O–H groups in total. The van der Waals surface area contributed by atoms with Gasteiger partial charge < -0.3 is 0 Å². The first kappa shape index (κ1) is 23.9. The number of hydrogen-bond acceptors (Lipinski definition) is 2. The highest BCUT2D eigenvalue weighted by Gasteiger charge is 2.16. The van der Waals surface area contributed by atoms with Gasteiger partial charge in [-0.25, -0.2) is 0 Å². The molecular formula is C34H36S2. The summed E-state index contributed by atoms with van der Waals surface area (Å²) in [5.41, 5.74) is 2.97. The molecule has 0 saturated heterocycles. The van der Waals surface area contributed by atoms with Crippen LogP contribution in [0.1, 0.15) is 76.3 Å². The van der Waals surface area contributed by atoms with Crippen LogP contribution in [0.3, 0.4) is 0 Å². The van der Waals surface area contributed by atoms with Gasteiger partial charge in [0.25, 0.3) is 0 Å². The molecule has 0 spiro atoms. The first-order chi connectivity index (χ1) is 17.8. The molecule has 0 saturated carbocycles. The van der Waals surface area contributed by atoms with Gasteiger partial charge in [0, 0.05) is 20.2 Å². The predicted molar refractivity (Wildman–Crippen MR) is 165 cm³/mol. The second kappa shape index (κ2) is 10.5. The SMILES string of the molecule is CCCCCCc1ccc2c(ccc3sc4c(sc5ccc6cc(CCCCCC)ccc6c54)c32)c1. The Morgan fingerprint density at radius 3 is 1.42 bits per heavy atom. The van der Waals surface area contributed by atoms with E-state index in [1.807, 2.05) is 22.7 Å². The summed E-state index contributed by atoms with van der Waals surface area (Å²) in [6.45, 7) is 4.57. The van der Waals surface area contributed by atoms with E-state index in [1.54, 1.807) is 0 Å². The molecule has 2 heteroatoms. The number of hydrogen-bond donors (Lipinski definition) is 0. The maximum atomic E-state index is 2.44. The zero-order valence-corrected chi connectivity index (χ0v) is 23.3. The van der Waals surface area contributed by atoms with E-state index in [0.717, 1.165) is 0 Å². The summed E-state index contributed by atoms with van der Waals surface area (Å²) in [5, 5.41) is 8.55. The smallest absolute Gasteiger partial charge is 0.0548 e. The monoisotopic (exact) mass is 508 g/mol. The average Bonchev–Trinajstić information content (AvgIpc) is 3.45. The van der Waals surface area contributed by atoms with Gasteiger partial charge in [-0.1, -0.05) is 101 Å². The van der Waals surface area contributed by atoms with Crippen LogP contribution in [0.15, 0.2) is 60.7 Å². The summed E-state index contributed by atoms with van der Waals surface area (Å²) < 4.78 is 5.79. The quantitative estimate of drug-likeness (QED) is 0.161. The molecule has 0 aliphatic carbocycles. The van der Waals surface area contributed by atoms with Crippen molar-refractivity contribution in [3.63, 3.8) is 0 Å². The Labute approximate surface area is 222 Å². The van der Waals surface area contributed by atoms with Gasteiger partial charge in [0.15, 0.2) is 0 Å². The molecule has 0 radical (unpaired) electrons. The van der Waals surface area contributed by atoms with E-state index in [1.165, 1.54) is 126 Å². The lowest BCUT2D eigenvalue weighted by molar-refractivity contribution is 0.667. The van der Waals surface area contributed by atoms with Crippen molar-refractivity contribution < 1.29 is 0 Å². The van der Waals surface area contributed by atoms with Crippen molar-refractivity contribution in [3.05, 3.63) is 71.8 Å². The van der Waals surface area contributed by atoms with Crippen molar-refractivity contribution in [1.82, 2.24) is 0 Å². The number of rotatable bonds is 10. The summed E-state index contributed by atoms with van der Waals surface area (Å²) in [4.78, 5) is 0. The standard InChI is InChI=1S/C34H36S2/c1-3-5-7-9-11-23-13-17-27-25(21-23)15-19-29-31(27)33-34(35-29)32-28-18-14-24(12-10-8-6-4-2)22-26(28)16-20-30(32)36-33/h13-22H,3-12H2,1-2H3. The van der Waals surface area contributed by atoms with E-state index in [4.69, 9.17) is 0 Å². The maximum absolute atomic E-state index is 2.44. The molecule has 0 fully saturated rings. The minimum absolute atomic E-state index is 1.20. The molecule has 6 aromatic rings. The van der Waals surface area contributed by atoms with Crippen LogP contribution < -0.4 is 0 Å². The fourth-order valence-electron chi connectivity index (χ4n) is 5.82. The second-order valence-corrected chi connectivity index (χ2v) is 12.6. The molecule has 0 atom stereocenters. The lowest BCUT2D eigenvalue weighted by atomic mass is 9.99. The third-order valence-electron chi connectivity index (χ3n) is 7.81. The van der Waals surface area contributed by atoms with E-state index in [9.17, 15) is 0 Å². The van der Waals surface area contributed by atoms with Gasteiger partial charge in [0.2, 0.25) is 0 Å². The Bertz CT molecular complexity index is 1540. The molecule has 2 aromatic heterocycles. The number of aryl methyl sites for hydroxylation is 2. The van der Waals surface area contributed by atoms with Gasteiger partial charge in [0.05, 0.1) is 9.40 Å². The van der Waals surface area contributed by atoms with Gasteiger partial charge >= 0.3 is 0 Å². The van der Waals surface area contributed by atoms with Crippen molar-refractivity contribution in [1.29, 1.82) is 0 Å². The molecule has 0 amide bonds. The Hall–Kier alpha value is -2.42. The number of thiophene rings is 2. The first-order valence-corrected chi connectivity index (χ1v) is 15.6. The van der Waals surface area contributed by atoms with Gasteiger partial charge in [-0.3, -0.25) is 0 Å². The van der Waals surface area contributed by atoms with Crippen LogP contribution in [0.4, 0.5) is 0 Å². The van der Waals surface area contributed by atoms with Gasteiger partial charge in [-0.05, 0) is 70.5 Å². The second-order valence-electron chi connectivity index (χ2n) is 10.5. The Morgan fingerprint density at radius 2 is 0.972 bits per heavy atom. The Balaban J connectivity index is 1.41. The largest absolute Gasteiger partial charge is 0.134 e. The van der Waals surface area contributed by atoms with Gasteiger partial charge in [0.1, 0.15) is 0 Å². The lowest BCUT2D eigenvalue weighted by Gasteiger charge is -2.05. The molecule has 0 bridgehead atoms. The molecule has 0 aliphatic heterocycles. The summed E-state index contributed by atoms with van der Waals surface area (Å²) in [6, 6.07) is 23.8. The number of fused-ring (bicyclic) bond motifs is 9. The van der Waals surface area contributed by atoms with Crippen LogP contribution in [0.5, 0.6) is 0 Å². The lowest BCUT2D eigenvalue weighted by Crippen LogP contribution is -1.86. The Kier molecular flexibility index (Phi) is 7.00. The third-order valence-corrected chi connectivity index (χ3v) is 10.3. The van der Waals surface area contributed by atoms with E-state index >= 15 is 0 Å². The summed E-state index contributed by atoms with van der Waals surface area (Å²) in [5.74, 6) is 0. The van der Waals surface area contributed by atoms with Crippen molar-refractivity contribution in [2.45, 2.75) is 78.1 Å². The fourth-order valence-corrected chi connectivity index (χ4v) is 8.57. The molecule has 184 valence electrons. The van der Waals surface area contributed by atoms with E-state index in [0.29, 0.717) is 0 Å². The van der Waals surface area contributed by atoms with Gasteiger partial charge in [-0.2, -0.15) is 0 Å². The van der Waals surface area contributed by atoms with Crippen LogP contribution in [0, 0.1) is 0 Å². The highest BCUT2D eigenvalue weighted by atomic mass is 32.1. The predicted octanol–water partition coefficient (Wildman–Crippen LogP) is 11.8. The number of benzene rings is 4. The van der Waals surface area contributed by atoms with Gasteiger partial charge in [-0.15, -0.1) is 22.7 Å². The van der Waals surface area contributed by atoms with Crippen LogP contribution in [0.25, 0.3) is 51.1 Å². The molecular weight excluding hydrogens is 473 g/mol. The van der Waals surface area contributed by atoms with Crippen molar-refractivity contribution in [3.8, 4) is 0 Å². The summed E-state index contributed by atoms with van der Waals surface area (Å²) in [6.07, 6.45) is 13.0. The van der Waals surface area contributed by atoms with Crippen molar-refractivity contribution >= 4 is 73.8 Å². The number of unbranched alkanes of at least 4 members (excludes halogenated alkanes) is 6. The normalized spacial score (nSPS) is 12.2. The molecule has 2 heterocycles. The van der Waals surface area contributed by atoms with Crippen LogP contribution in [0.2, 0.25) is 0 Å². The molecule has 4 aromatic carbocycles. The minimum atomic E-state index is 1.20. The Morgan fingerprint density at radius 1 is 0.500 bits per heavy atom. The summed E-state index contributed by atoms with van der Waals surface area (Å²) in [7, 11) is 0. The highest BCUT2D eigenvalue weighted by Crippen LogP contribution is 2.48. The van der Waals surface area contributed by atoms with Crippen LogP contribution >= 0.6 is 22.7 Å². The first-order valence-electron chi connectivity index (χ1n) is 14.0. The molecule has 0 nitrogen and oxygen atoms in total. The maximum Gasteiger partial charge on any atom is 0.0548 e. The van der Waals surface area contributed by atoms with Crippen LogP contribution in [-0.2, 0) is 12.8 Å². The van der Waals surface area contributed by atoms with Crippen LogP contribution in [-0.4, -0.2) is 0 Å². The van der Waals surface area contributed by atoms with E-state index in [-0.39, 0.29) is 0 Å². The molecule has 0 unspecified atom stereocenters. The van der Waals surface area contributed by atoms with E-state index in [2.05, 4.69) is 74.5 Å². The van der Waals surface area contributed by atoms with Crippen molar-refractivity contribution in [2.24, 2.45) is 0 Å². The molecule has 0 aliphatic rings. The highest BCUT2D eigenvalue weighted by molar-refractivity contribution is 7.37. The molecule has 36 heavy (non-hydrogen) atoms. The zero-order valence-electron chi connectivity index (χ0n) is 21.7. The average molecular weight is 509 g/mol. The fraction of sp³-hybridized carbons (Fsp3) is 0.353. The van der Waals surface area contributed by atoms with Crippen molar-refractivity contribution in [2.75, 3.05) is 0 Å². The topological polar surface area (TPSA) is 0 Å². The summed E-state index contributed by atoms with van der Waals surface area (Å²) >= 11 is 3.97.